The van der Waals surface area contributed by atoms with Crippen molar-refractivity contribution in [2.75, 3.05) is 5.32 Å². The van der Waals surface area contributed by atoms with Crippen molar-refractivity contribution in [2.45, 2.75) is 12.5 Å². The molecule has 5 nitrogen and oxygen atoms in total. The van der Waals surface area contributed by atoms with Crippen molar-refractivity contribution in [1.29, 1.82) is 0 Å². The molecule has 1 aromatic heterocycles. The molecule has 0 fully saturated rings. The number of hydrogen-bond donors (Lipinski definition) is 3. The van der Waals surface area contributed by atoms with Crippen LogP contribution < -0.4 is 10.6 Å². The van der Waals surface area contributed by atoms with Gasteiger partial charge in [0.05, 0.1) is 17.2 Å². The van der Waals surface area contributed by atoms with Gasteiger partial charge in [-0.3, -0.25) is 4.79 Å². The number of carboxylic acid groups (broad SMARTS) is 1. The van der Waals surface area contributed by atoms with E-state index in [1.807, 2.05) is 18.2 Å². The smallest absolute Gasteiger partial charge is 0.305 e. The summed E-state index contributed by atoms with van der Waals surface area (Å²) in [6, 6.07) is 10.1. The predicted octanol–water partition coefficient (Wildman–Crippen LogP) is 5.11. The van der Waals surface area contributed by atoms with Crippen molar-refractivity contribution in [3.8, 4) is 0 Å². The maximum absolute atomic E-state index is 11.2. The number of halogens is 2. The third-order valence-electron chi connectivity index (χ3n) is 3.63. The number of carbonyl (C=O) groups is 1. The summed E-state index contributed by atoms with van der Waals surface area (Å²) in [5, 5.41) is 17.4. The first kappa shape index (κ1) is 18.8. The van der Waals surface area contributed by atoms with Crippen LogP contribution in [-0.2, 0) is 4.79 Å². The molecule has 0 bridgehead atoms. The number of nitrogens with zero attached hydrogens (tertiary/aromatic N) is 1. The molecule has 3 rings (SSSR count). The van der Waals surface area contributed by atoms with E-state index in [0.29, 0.717) is 20.7 Å². The standard InChI is InChI=1S/C17H13Cl2N3O2S2/c18-10-1-3-12(13(19)6-10)14(7-16(23)24)22-17(25)21-11-2-4-15-9(5-11)8-20-26-15/h1-6,8,14H,7H2,(H,23,24)(H2,21,22,25). The highest BCUT2D eigenvalue weighted by Gasteiger charge is 2.19. The van der Waals surface area contributed by atoms with Crippen LogP contribution in [-0.4, -0.2) is 20.6 Å². The van der Waals surface area contributed by atoms with Gasteiger partial charge in [0.25, 0.3) is 0 Å². The Hall–Kier alpha value is -1.93. The van der Waals surface area contributed by atoms with Crippen molar-refractivity contribution in [1.82, 2.24) is 9.69 Å². The van der Waals surface area contributed by atoms with Crippen molar-refractivity contribution in [2.24, 2.45) is 0 Å². The third kappa shape index (κ3) is 4.62. The summed E-state index contributed by atoms with van der Waals surface area (Å²) < 4.78 is 5.21. The lowest BCUT2D eigenvalue weighted by Crippen LogP contribution is -2.33. The van der Waals surface area contributed by atoms with E-state index in [1.165, 1.54) is 11.5 Å². The molecule has 0 aliphatic carbocycles. The minimum atomic E-state index is -0.970. The van der Waals surface area contributed by atoms with Crippen molar-refractivity contribution < 1.29 is 9.90 Å². The van der Waals surface area contributed by atoms with E-state index < -0.39 is 12.0 Å². The van der Waals surface area contributed by atoms with Crippen LogP contribution in [0.5, 0.6) is 0 Å². The number of nitrogens with one attached hydrogen (secondary N) is 2. The first-order valence-electron chi connectivity index (χ1n) is 7.51. The fourth-order valence-electron chi connectivity index (χ4n) is 2.47. The van der Waals surface area contributed by atoms with Crippen LogP contribution in [0.2, 0.25) is 10.0 Å². The number of fused-ring (bicyclic) bond motifs is 1. The van der Waals surface area contributed by atoms with Crippen LogP contribution in [0.15, 0.2) is 42.6 Å². The molecule has 9 heteroatoms. The summed E-state index contributed by atoms with van der Waals surface area (Å²) in [6.07, 6.45) is 1.60. The Balaban J connectivity index is 1.77. The Kier molecular flexibility index (Phi) is 5.93. The average molecular weight is 426 g/mol. The zero-order chi connectivity index (χ0) is 18.7. The topological polar surface area (TPSA) is 74.2 Å². The van der Waals surface area contributed by atoms with E-state index in [-0.39, 0.29) is 6.42 Å². The summed E-state index contributed by atoms with van der Waals surface area (Å²) in [5.41, 5.74) is 1.39. The number of aliphatic carboxylic acids is 1. The molecule has 0 radical (unpaired) electrons. The molecule has 0 aliphatic heterocycles. The van der Waals surface area contributed by atoms with Crippen molar-refractivity contribution in [3.05, 3.63) is 58.2 Å². The molecule has 3 aromatic rings. The molecule has 2 aromatic carbocycles. The molecule has 0 aliphatic rings. The maximum atomic E-state index is 11.2. The predicted molar refractivity (Wildman–Crippen MR) is 110 cm³/mol. The van der Waals surface area contributed by atoms with E-state index in [1.54, 1.807) is 24.4 Å². The molecule has 1 heterocycles. The Morgan fingerprint density at radius 2 is 2.08 bits per heavy atom. The second-order valence-electron chi connectivity index (χ2n) is 5.49. The van der Waals surface area contributed by atoms with Gasteiger partial charge >= 0.3 is 5.97 Å². The second kappa shape index (κ2) is 8.18. The van der Waals surface area contributed by atoms with Gasteiger partial charge in [0, 0.05) is 27.3 Å². The largest absolute Gasteiger partial charge is 0.481 e. The average Bonchev–Trinajstić information content (AvgIpc) is 3.01. The molecule has 1 unspecified atom stereocenters. The molecular formula is C17H13Cl2N3O2S2. The second-order valence-corrected chi connectivity index (χ2v) is 7.58. The van der Waals surface area contributed by atoms with E-state index in [2.05, 4.69) is 15.0 Å². The molecule has 0 saturated carbocycles. The number of carboxylic acids is 1. The Morgan fingerprint density at radius 1 is 1.27 bits per heavy atom. The summed E-state index contributed by atoms with van der Waals surface area (Å²) in [5.74, 6) is -0.970. The zero-order valence-corrected chi connectivity index (χ0v) is 16.3. The molecule has 0 spiro atoms. The molecule has 3 N–H and O–H groups in total. The molecule has 0 saturated heterocycles. The monoisotopic (exact) mass is 425 g/mol. The molecule has 0 amide bonds. The van der Waals surface area contributed by atoms with Gasteiger partial charge in [-0.2, -0.15) is 4.37 Å². The molecule has 26 heavy (non-hydrogen) atoms. The minimum Gasteiger partial charge on any atom is -0.481 e. The SMILES string of the molecule is O=C(O)CC(NC(=S)Nc1ccc2sncc2c1)c1ccc(Cl)cc1Cl. The van der Waals surface area contributed by atoms with Gasteiger partial charge in [0.2, 0.25) is 0 Å². The van der Waals surface area contributed by atoms with E-state index >= 15 is 0 Å². The van der Waals surface area contributed by atoms with Crippen LogP contribution >= 0.6 is 47.0 Å². The normalized spacial score (nSPS) is 11.9. The van der Waals surface area contributed by atoms with Crippen LogP contribution in [0.1, 0.15) is 18.0 Å². The molecule has 1 atom stereocenters. The van der Waals surface area contributed by atoms with Gasteiger partial charge in [0.15, 0.2) is 5.11 Å². The highest BCUT2D eigenvalue weighted by molar-refractivity contribution is 7.80. The van der Waals surface area contributed by atoms with Gasteiger partial charge in [-0.1, -0.05) is 29.3 Å². The molecule has 134 valence electrons. The quantitative estimate of drug-likeness (QED) is 0.493. The van der Waals surface area contributed by atoms with Crippen LogP contribution in [0, 0.1) is 0 Å². The highest BCUT2D eigenvalue weighted by Crippen LogP contribution is 2.28. The molecular weight excluding hydrogens is 413 g/mol. The first-order valence-corrected chi connectivity index (χ1v) is 9.45. The third-order valence-corrected chi connectivity index (χ3v) is 5.19. The van der Waals surface area contributed by atoms with Gasteiger partial charge in [-0.15, -0.1) is 0 Å². The maximum Gasteiger partial charge on any atom is 0.305 e. The summed E-state index contributed by atoms with van der Waals surface area (Å²) in [7, 11) is 0. The number of thiocarbonyl (C=S) groups is 1. The van der Waals surface area contributed by atoms with E-state index in [0.717, 1.165) is 15.8 Å². The Labute approximate surface area is 169 Å². The zero-order valence-electron chi connectivity index (χ0n) is 13.2. The van der Waals surface area contributed by atoms with E-state index in [9.17, 15) is 9.90 Å². The Bertz CT molecular complexity index is 978. The lowest BCUT2D eigenvalue weighted by Gasteiger charge is -2.21. The first-order chi connectivity index (χ1) is 12.4. The number of rotatable bonds is 5. The fourth-order valence-corrected chi connectivity index (χ4v) is 3.90. The summed E-state index contributed by atoms with van der Waals surface area (Å²) in [6.45, 7) is 0. The van der Waals surface area contributed by atoms with Crippen molar-refractivity contribution in [3.63, 3.8) is 0 Å². The minimum absolute atomic E-state index is 0.184. The van der Waals surface area contributed by atoms with Crippen LogP contribution in [0.25, 0.3) is 10.1 Å². The van der Waals surface area contributed by atoms with Gasteiger partial charge in [-0.05, 0) is 59.6 Å². The fraction of sp³-hybridized carbons (Fsp3) is 0.118. The number of hydrogen-bond acceptors (Lipinski definition) is 4. The van der Waals surface area contributed by atoms with Gasteiger partial charge in [-0.25, -0.2) is 0 Å². The van der Waals surface area contributed by atoms with Gasteiger partial charge < -0.3 is 15.7 Å². The number of aromatic nitrogens is 1. The number of benzene rings is 2. The van der Waals surface area contributed by atoms with E-state index in [4.69, 9.17) is 35.4 Å². The van der Waals surface area contributed by atoms with Gasteiger partial charge in [0.1, 0.15) is 0 Å². The summed E-state index contributed by atoms with van der Waals surface area (Å²) in [4.78, 5) is 11.2. The number of anilines is 1. The van der Waals surface area contributed by atoms with Crippen LogP contribution in [0.3, 0.4) is 0 Å². The highest BCUT2D eigenvalue weighted by atomic mass is 35.5. The summed E-state index contributed by atoms with van der Waals surface area (Å²) >= 11 is 18.9. The van der Waals surface area contributed by atoms with Crippen molar-refractivity contribution >= 4 is 73.8 Å². The lowest BCUT2D eigenvalue weighted by atomic mass is 10.0. The Morgan fingerprint density at radius 3 is 2.81 bits per heavy atom. The van der Waals surface area contributed by atoms with Crippen LogP contribution in [0.4, 0.5) is 5.69 Å². The lowest BCUT2D eigenvalue weighted by molar-refractivity contribution is -0.137.